The summed E-state index contributed by atoms with van der Waals surface area (Å²) in [6, 6.07) is 40.8. The summed E-state index contributed by atoms with van der Waals surface area (Å²) in [5.41, 5.74) is 8.03. The number of furan rings is 1. The highest BCUT2D eigenvalue weighted by atomic mass is 16.3. The van der Waals surface area contributed by atoms with Crippen LogP contribution in [0.4, 0.5) is 0 Å². The lowest BCUT2D eigenvalue weighted by Gasteiger charge is -2.08. The van der Waals surface area contributed by atoms with Gasteiger partial charge in [0.2, 0.25) is 0 Å². The Morgan fingerprint density at radius 2 is 1.33 bits per heavy atom. The highest BCUT2D eigenvalue weighted by molar-refractivity contribution is 6.13. The van der Waals surface area contributed by atoms with Crippen molar-refractivity contribution in [2.24, 2.45) is 15.0 Å². The van der Waals surface area contributed by atoms with Gasteiger partial charge in [-0.25, -0.2) is 9.98 Å². The Morgan fingerprint density at radius 3 is 2.03 bits per heavy atom. The summed E-state index contributed by atoms with van der Waals surface area (Å²) in [6.07, 6.45) is 0. The predicted octanol–water partition coefficient (Wildman–Crippen LogP) is 8.66. The molecule has 4 nitrogen and oxygen atoms in total. The van der Waals surface area contributed by atoms with Crippen molar-refractivity contribution in [2.75, 3.05) is 0 Å². The number of hydrogen-bond acceptors (Lipinski definition) is 2. The van der Waals surface area contributed by atoms with Crippen molar-refractivity contribution in [3.05, 3.63) is 144 Å². The van der Waals surface area contributed by atoms with Gasteiger partial charge in [0.15, 0.2) is 11.7 Å². The zero-order valence-corrected chi connectivity index (χ0v) is 21.7. The second-order valence-electron chi connectivity index (χ2n) is 9.41. The summed E-state index contributed by atoms with van der Waals surface area (Å²) in [5.74, 6) is 1.14. The number of amidine groups is 2. The van der Waals surface area contributed by atoms with Gasteiger partial charge < -0.3 is 4.42 Å². The minimum absolute atomic E-state index is 0.432. The molecule has 0 amide bonds. The van der Waals surface area contributed by atoms with E-state index in [-0.39, 0.29) is 0 Å². The Kier molecular flexibility index (Phi) is 6.67. The fraction of sp³-hybridized carbons (Fsp3) is 0.0571. The Morgan fingerprint density at radius 1 is 0.692 bits per heavy atom. The molecular weight excluding hydrogens is 478 g/mol. The second kappa shape index (κ2) is 10.7. The maximum Gasteiger partial charge on any atom is 0.161 e. The number of hydrogen-bond donors (Lipinski definition) is 0. The highest BCUT2D eigenvalue weighted by Gasteiger charge is 2.16. The zero-order valence-electron chi connectivity index (χ0n) is 21.7. The van der Waals surface area contributed by atoms with Gasteiger partial charge in [0.25, 0.3) is 0 Å². The molecule has 0 aliphatic heterocycles. The fourth-order valence-electron chi connectivity index (χ4n) is 4.81. The molecule has 0 spiro atoms. The summed E-state index contributed by atoms with van der Waals surface area (Å²) < 4.78 is 6.44. The van der Waals surface area contributed by atoms with Crippen LogP contribution in [0, 0.1) is 6.92 Å². The Balaban J connectivity index is 1.50. The molecule has 6 aromatic rings. The Labute approximate surface area is 227 Å². The predicted molar refractivity (Wildman–Crippen MR) is 163 cm³/mol. The molecule has 0 atom stereocenters. The van der Waals surface area contributed by atoms with E-state index in [0.717, 1.165) is 49.8 Å². The fourth-order valence-corrected chi connectivity index (χ4v) is 4.81. The lowest BCUT2D eigenvalue weighted by Crippen LogP contribution is -2.05. The third-order valence-electron chi connectivity index (χ3n) is 6.80. The van der Waals surface area contributed by atoms with Gasteiger partial charge in [0.1, 0.15) is 11.2 Å². The molecule has 0 saturated carbocycles. The first-order chi connectivity index (χ1) is 19.2. The monoisotopic (exact) mass is 505 g/mol. The molecule has 0 N–H and O–H groups in total. The molecular formula is C35H27N3O. The first-order valence-corrected chi connectivity index (χ1v) is 12.9. The van der Waals surface area contributed by atoms with E-state index in [1.807, 2.05) is 78.9 Å². The molecule has 0 radical (unpaired) electrons. The number of nitrogens with zero attached hydrogens (tertiary/aromatic N) is 3. The zero-order chi connectivity index (χ0) is 26.6. The first-order valence-electron chi connectivity index (χ1n) is 12.9. The molecule has 39 heavy (non-hydrogen) atoms. The van der Waals surface area contributed by atoms with Crippen LogP contribution < -0.4 is 0 Å². The highest BCUT2D eigenvalue weighted by Crippen LogP contribution is 2.38. The van der Waals surface area contributed by atoms with E-state index in [0.29, 0.717) is 18.2 Å². The van der Waals surface area contributed by atoms with Crippen molar-refractivity contribution in [1.82, 2.24) is 0 Å². The van der Waals surface area contributed by atoms with Gasteiger partial charge in [-0.3, -0.25) is 4.99 Å². The molecule has 0 bridgehead atoms. The summed E-state index contributed by atoms with van der Waals surface area (Å²) in [7, 11) is 0. The average Bonchev–Trinajstić information content (AvgIpc) is 3.39. The average molecular weight is 506 g/mol. The molecule has 188 valence electrons. The van der Waals surface area contributed by atoms with Crippen LogP contribution in [0.25, 0.3) is 33.1 Å². The van der Waals surface area contributed by atoms with Gasteiger partial charge in [0.05, 0.1) is 6.54 Å². The molecule has 4 heteroatoms. The molecule has 5 aromatic carbocycles. The number of fused-ring (bicyclic) bond motifs is 3. The molecule has 0 unspecified atom stereocenters. The SMILES string of the molecule is C=N/C(=N\C(=N/Cc1ccc(-c2ccc(C)cc2)c2oc3ccccc3c12)c1ccccc1)c1ccccc1. The summed E-state index contributed by atoms with van der Waals surface area (Å²) in [5, 5.41) is 2.16. The number of rotatable bonds is 5. The van der Waals surface area contributed by atoms with E-state index < -0.39 is 0 Å². The van der Waals surface area contributed by atoms with Crippen LogP contribution in [0.15, 0.2) is 141 Å². The summed E-state index contributed by atoms with van der Waals surface area (Å²) >= 11 is 0. The Bertz CT molecular complexity index is 1830. The maximum absolute atomic E-state index is 6.44. The topological polar surface area (TPSA) is 50.2 Å². The normalized spacial score (nSPS) is 12.2. The third-order valence-corrected chi connectivity index (χ3v) is 6.80. The van der Waals surface area contributed by atoms with Crippen LogP contribution in [0.5, 0.6) is 0 Å². The second-order valence-corrected chi connectivity index (χ2v) is 9.41. The van der Waals surface area contributed by atoms with E-state index >= 15 is 0 Å². The lowest BCUT2D eigenvalue weighted by atomic mass is 9.98. The quantitative estimate of drug-likeness (QED) is 0.171. The van der Waals surface area contributed by atoms with Crippen LogP contribution in [0.1, 0.15) is 22.3 Å². The van der Waals surface area contributed by atoms with Gasteiger partial charge in [-0.15, -0.1) is 0 Å². The van der Waals surface area contributed by atoms with Crippen molar-refractivity contribution in [1.29, 1.82) is 0 Å². The molecule has 0 aliphatic carbocycles. The van der Waals surface area contributed by atoms with Crippen LogP contribution in [-0.4, -0.2) is 18.4 Å². The molecule has 0 aliphatic rings. The van der Waals surface area contributed by atoms with Gasteiger partial charge >= 0.3 is 0 Å². The van der Waals surface area contributed by atoms with Gasteiger partial charge in [0, 0.05) is 27.5 Å². The van der Waals surface area contributed by atoms with Crippen molar-refractivity contribution in [3.63, 3.8) is 0 Å². The van der Waals surface area contributed by atoms with Gasteiger partial charge in [-0.1, -0.05) is 121 Å². The number of aryl methyl sites for hydroxylation is 1. The van der Waals surface area contributed by atoms with Crippen LogP contribution in [0.3, 0.4) is 0 Å². The van der Waals surface area contributed by atoms with E-state index in [1.54, 1.807) is 0 Å². The largest absolute Gasteiger partial charge is 0.455 e. The minimum Gasteiger partial charge on any atom is -0.455 e. The number of benzene rings is 5. The number of para-hydroxylation sites is 1. The van der Waals surface area contributed by atoms with Gasteiger partial charge in [-0.2, -0.15) is 0 Å². The summed E-state index contributed by atoms with van der Waals surface area (Å²) in [6.45, 7) is 6.29. The molecule has 1 aromatic heterocycles. The van der Waals surface area contributed by atoms with Crippen molar-refractivity contribution >= 4 is 40.3 Å². The third kappa shape index (κ3) is 4.92. The summed E-state index contributed by atoms with van der Waals surface area (Å²) in [4.78, 5) is 14.1. The van der Waals surface area contributed by atoms with Crippen LogP contribution >= 0.6 is 0 Å². The molecule has 0 fully saturated rings. The van der Waals surface area contributed by atoms with E-state index in [4.69, 9.17) is 14.4 Å². The van der Waals surface area contributed by atoms with Crippen molar-refractivity contribution in [3.8, 4) is 11.1 Å². The van der Waals surface area contributed by atoms with E-state index in [9.17, 15) is 0 Å². The van der Waals surface area contributed by atoms with Gasteiger partial charge in [-0.05, 0) is 30.8 Å². The smallest absolute Gasteiger partial charge is 0.161 e. The standard InChI is InChI=1S/C35H27N3O/c1-24-17-19-25(20-18-24)29-22-21-28(32-30-15-9-10-16-31(30)39-33(29)32)23-37-35(27-13-7-4-8-14-27)38-34(36-2)26-11-5-3-6-12-26/h3-22H,2,23H2,1H3/b37-35-,38-34-. The molecule has 1 heterocycles. The molecule has 0 saturated heterocycles. The van der Waals surface area contributed by atoms with Crippen LogP contribution in [-0.2, 0) is 6.54 Å². The van der Waals surface area contributed by atoms with Crippen molar-refractivity contribution in [2.45, 2.75) is 13.5 Å². The maximum atomic E-state index is 6.44. The van der Waals surface area contributed by atoms with E-state index in [2.05, 4.69) is 61.1 Å². The lowest BCUT2D eigenvalue weighted by molar-refractivity contribution is 0.669. The first kappa shape index (κ1) is 24.3. The van der Waals surface area contributed by atoms with Crippen molar-refractivity contribution < 1.29 is 4.42 Å². The minimum atomic E-state index is 0.432. The Hall–Kier alpha value is -5.09. The van der Waals surface area contributed by atoms with E-state index in [1.165, 1.54) is 5.56 Å². The number of aliphatic imine (C=N–C) groups is 3. The van der Waals surface area contributed by atoms with Crippen LogP contribution in [0.2, 0.25) is 0 Å². The molecule has 6 rings (SSSR count).